The number of carbonyl (C=O) groups is 1. The second kappa shape index (κ2) is 5.01. The number of aromatic carboxylic acids is 1. The molecule has 21 heavy (non-hydrogen) atoms. The van der Waals surface area contributed by atoms with Crippen LogP contribution < -0.4 is 0 Å². The Labute approximate surface area is 121 Å². The average Bonchev–Trinajstić information content (AvgIpc) is 2.91. The van der Waals surface area contributed by atoms with Crippen molar-refractivity contribution in [2.24, 2.45) is 0 Å². The molecule has 3 aromatic rings. The Morgan fingerprint density at radius 3 is 2.52 bits per heavy atom. The van der Waals surface area contributed by atoms with Crippen LogP contribution in [0.4, 0.5) is 0 Å². The summed E-state index contributed by atoms with van der Waals surface area (Å²) < 4.78 is 1.56. The topological polar surface area (TPSA) is 67.5 Å². The first-order valence-corrected chi connectivity index (χ1v) is 6.74. The van der Waals surface area contributed by atoms with Gasteiger partial charge >= 0.3 is 5.97 Å². The van der Waals surface area contributed by atoms with Crippen LogP contribution in [-0.4, -0.2) is 25.7 Å². The summed E-state index contributed by atoms with van der Waals surface area (Å²) in [6, 6.07) is 11.5. The van der Waals surface area contributed by atoms with Gasteiger partial charge in [0.05, 0.1) is 5.69 Å². The highest BCUT2D eigenvalue weighted by molar-refractivity contribution is 5.86. The largest absolute Gasteiger partial charge is 0.476 e. The smallest absolute Gasteiger partial charge is 0.356 e. The number of hydrogen-bond donors (Lipinski definition) is 1. The molecule has 0 aliphatic rings. The van der Waals surface area contributed by atoms with Crippen molar-refractivity contribution in [3.63, 3.8) is 0 Å². The fourth-order valence-electron chi connectivity index (χ4n) is 2.26. The van der Waals surface area contributed by atoms with E-state index in [0.717, 1.165) is 11.3 Å². The van der Waals surface area contributed by atoms with Crippen molar-refractivity contribution >= 4 is 11.6 Å². The Morgan fingerprint density at radius 1 is 1.19 bits per heavy atom. The monoisotopic (exact) mass is 281 g/mol. The molecule has 3 rings (SSSR count). The molecule has 0 aliphatic carbocycles. The summed E-state index contributed by atoms with van der Waals surface area (Å²) in [4.78, 5) is 15.2. The zero-order chi connectivity index (χ0) is 15.0. The number of nitrogens with zero attached hydrogens (tertiary/aromatic N) is 3. The highest BCUT2D eigenvalue weighted by Gasteiger charge is 2.12. The standard InChI is InChI=1S/C16H15N3O2/c1-10(2)11-3-5-12(6-4-11)14-7-8-17-15-9-13(16(20)21)18-19(14)15/h3-10H,1-2H3,(H,20,21). The fraction of sp³-hybridized carbons (Fsp3) is 0.188. The lowest BCUT2D eigenvalue weighted by Gasteiger charge is -2.08. The van der Waals surface area contributed by atoms with Gasteiger partial charge in [-0.2, -0.15) is 5.10 Å². The van der Waals surface area contributed by atoms with Gasteiger partial charge in [-0.15, -0.1) is 0 Å². The maximum atomic E-state index is 11.0. The Morgan fingerprint density at radius 2 is 1.90 bits per heavy atom. The molecule has 2 heterocycles. The number of hydrogen-bond acceptors (Lipinski definition) is 3. The van der Waals surface area contributed by atoms with E-state index < -0.39 is 5.97 Å². The molecule has 0 unspecified atom stereocenters. The highest BCUT2D eigenvalue weighted by atomic mass is 16.4. The van der Waals surface area contributed by atoms with Gasteiger partial charge in [-0.1, -0.05) is 38.1 Å². The molecule has 0 spiro atoms. The molecule has 1 aromatic carbocycles. The third-order valence-corrected chi connectivity index (χ3v) is 3.45. The predicted octanol–water partition coefficient (Wildman–Crippen LogP) is 3.22. The molecule has 0 aliphatic heterocycles. The van der Waals surface area contributed by atoms with Gasteiger partial charge in [0.25, 0.3) is 0 Å². The Balaban J connectivity index is 2.13. The van der Waals surface area contributed by atoms with Gasteiger partial charge < -0.3 is 5.11 Å². The minimum Gasteiger partial charge on any atom is -0.476 e. The number of fused-ring (bicyclic) bond motifs is 1. The Kier molecular flexibility index (Phi) is 3.17. The van der Waals surface area contributed by atoms with E-state index in [0.29, 0.717) is 11.6 Å². The summed E-state index contributed by atoms with van der Waals surface area (Å²) in [6.07, 6.45) is 1.66. The highest BCUT2D eigenvalue weighted by Crippen LogP contribution is 2.23. The van der Waals surface area contributed by atoms with Gasteiger partial charge in [-0.3, -0.25) is 0 Å². The zero-order valence-electron chi connectivity index (χ0n) is 11.8. The molecular formula is C16H15N3O2. The summed E-state index contributed by atoms with van der Waals surface area (Å²) in [6.45, 7) is 4.29. The molecule has 1 N–H and O–H groups in total. The molecule has 0 atom stereocenters. The second-order valence-corrected chi connectivity index (χ2v) is 5.21. The number of carboxylic acid groups (broad SMARTS) is 1. The van der Waals surface area contributed by atoms with Gasteiger partial charge in [0, 0.05) is 17.8 Å². The molecule has 0 saturated carbocycles. The minimum atomic E-state index is -1.05. The van der Waals surface area contributed by atoms with E-state index in [4.69, 9.17) is 5.11 Å². The van der Waals surface area contributed by atoms with E-state index in [1.807, 2.05) is 18.2 Å². The molecule has 2 aromatic heterocycles. The summed E-state index contributed by atoms with van der Waals surface area (Å²) in [5, 5.41) is 13.1. The normalized spacial score (nSPS) is 11.2. The zero-order valence-corrected chi connectivity index (χ0v) is 11.8. The Hall–Kier alpha value is -2.69. The maximum absolute atomic E-state index is 11.0. The van der Waals surface area contributed by atoms with Crippen LogP contribution >= 0.6 is 0 Å². The molecular weight excluding hydrogens is 266 g/mol. The van der Waals surface area contributed by atoms with E-state index in [9.17, 15) is 4.79 Å². The van der Waals surface area contributed by atoms with Crippen molar-refractivity contribution in [3.05, 3.63) is 53.9 Å². The minimum absolute atomic E-state index is 0.00579. The average molecular weight is 281 g/mol. The molecule has 0 bridgehead atoms. The van der Waals surface area contributed by atoms with E-state index >= 15 is 0 Å². The van der Waals surface area contributed by atoms with Crippen molar-refractivity contribution in [1.82, 2.24) is 14.6 Å². The van der Waals surface area contributed by atoms with E-state index in [2.05, 4.69) is 36.1 Å². The second-order valence-electron chi connectivity index (χ2n) is 5.21. The molecule has 5 nitrogen and oxygen atoms in total. The van der Waals surface area contributed by atoms with Crippen molar-refractivity contribution in [3.8, 4) is 11.3 Å². The number of aromatic nitrogens is 3. The molecule has 106 valence electrons. The van der Waals surface area contributed by atoms with Crippen LogP contribution in [0.2, 0.25) is 0 Å². The van der Waals surface area contributed by atoms with Crippen molar-refractivity contribution in [2.45, 2.75) is 19.8 Å². The van der Waals surface area contributed by atoms with Crippen LogP contribution in [0.3, 0.4) is 0 Å². The lowest BCUT2D eigenvalue weighted by Crippen LogP contribution is -2.00. The summed E-state index contributed by atoms with van der Waals surface area (Å²) >= 11 is 0. The first-order chi connectivity index (χ1) is 10.1. The molecule has 0 radical (unpaired) electrons. The summed E-state index contributed by atoms with van der Waals surface area (Å²) in [5.41, 5.74) is 3.58. The third-order valence-electron chi connectivity index (χ3n) is 3.45. The first kappa shape index (κ1) is 13.3. The lowest BCUT2D eigenvalue weighted by molar-refractivity contribution is 0.0690. The van der Waals surface area contributed by atoms with E-state index in [1.54, 1.807) is 10.7 Å². The summed E-state index contributed by atoms with van der Waals surface area (Å²) in [7, 11) is 0. The van der Waals surface area contributed by atoms with Crippen LogP contribution in [0.15, 0.2) is 42.6 Å². The van der Waals surface area contributed by atoms with Gasteiger partial charge in [0.1, 0.15) is 0 Å². The number of carboxylic acids is 1. The van der Waals surface area contributed by atoms with Crippen LogP contribution in [0.25, 0.3) is 16.9 Å². The van der Waals surface area contributed by atoms with Crippen molar-refractivity contribution in [1.29, 1.82) is 0 Å². The lowest BCUT2D eigenvalue weighted by atomic mass is 10.0. The van der Waals surface area contributed by atoms with Crippen LogP contribution in [-0.2, 0) is 0 Å². The predicted molar refractivity (Wildman–Crippen MR) is 79.5 cm³/mol. The van der Waals surface area contributed by atoms with Crippen LogP contribution in [0, 0.1) is 0 Å². The van der Waals surface area contributed by atoms with Crippen LogP contribution in [0.1, 0.15) is 35.8 Å². The molecule has 0 amide bonds. The number of benzene rings is 1. The number of rotatable bonds is 3. The van der Waals surface area contributed by atoms with E-state index in [-0.39, 0.29) is 5.69 Å². The molecule has 5 heteroatoms. The SMILES string of the molecule is CC(C)c1ccc(-c2ccnc3cc(C(=O)O)nn23)cc1. The summed E-state index contributed by atoms with van der Waals surface area (Å²) in [5.74, 6) is -0.582. The fourth-order valence-corrected chi connectivity index (χ4v) is 2.26. The Bertz CT molecular complexity index is 804. The van der Waals surface area contributed by atoms with Gasteiger partial charge in [-0.25, -0.2) is 14.3 Å². The maximum Gasteiger partial charge on any atom is 0.356 e. The van der Waals surface area contributed by atoms with Gasteiger partial charge in [0.15, 0.2) is 11.3 Å². The van der Waals surface area contributed by atoms with Crippen LogP contribution in [0.5, 0.6) is 0 Å². The third kappa shape index (κ3) is 2.38. The molecule has 0 fully saturated rings. The van der Waals surface area contributed by atoms with Crippen molar-refractivity contribution < 1.29 is 9.90 Å². The molecule has 0 saturated heterocycles. The van der Waals surface area contributed by atoms with Gasteiger partial charge in [0.2, 0.25) is 0 Å². The van der Waals surface area contributed by atoms with Crippen molar-refractivity contribution in [2.75, 3.05) is 0 Å². The quantitative estimate of drug-likeness (QED) is 0.800. The first-order valence-electron chi connectivity index (χ1n) is 6.74. The van der Waals surface area contributed by atoms with E-state index in [1.165, 1.54) is 11.6 Å². The van der Waals surface area contributed by atoms with Gasteiger partial charge in [-0.05, 0) is 17.5 Å².